The SMILES string of the molecule is CCCC.CCCC.CCCC.CCOC(=O)C1=CC=C=CC1.[Sn]. The number of rotatable bonds is 5. The topological polar surface area (TPSA) is 26.3 Å². The van der Waals surface area contributed by atoms with Gasteiger partial charge >= 0.3 is 5.97 Å². The zero-order valence-corrected chi connectivity index (χ0v) is 20.1. The Hall–Kier alpha value is -0.471. The van der Waals surface area contributed by atoms with Crippen molar-refractivity contribution in [3.05, 3.63) is 29.5 Å². The second-order valence-electron chi connectivity index (χ2n) is 5.15. The predicted molar refractivity (Wildman–Crippen MR) is 109 cm³/mol. The van der Waals surface area contributed by atoms with Gasteiger partial charge in [0.05, 0.1) is 6.61 Å². The molecule has 0 atom stereocenters. The molecule has 1 rings (SSSR count). The summed E-state index contributed by atoms with van der Waals surface area (Å²) in [6.07, 6.45) is 13.8. The molecule has 0 aromatic rings. The Kier molecular flexibility index (Phi) is 39.7. The Labute approximate surface area is 168 Å². The molecule has 0 fully saturated rings. The molecule has 0 saturated heterocycles. The van der Waals surface area contributed by atoms with Crippen LogP contribution in [-0.4, -0.2) is 36.5 Å². The van der Waals surface area contributed by atoms with E-state index < -0.39 is 0 Å². The molecular weight excluding hydrogens is 403 g/mol. The van der Waals surface area contributed by atoms with Crippen LogP contribution in [0.25, 0.3) is 0 Å². The Morgan fingerprint density at radius 2 is 1.33 bits per heavy atom. The van der Waals surface area contributed by atoms with Gasteiger partial charge in [0.15, 0.2) is 0 Å². The number of hydrogen-bond acceptors (Lipinski definition) is 2. The van der Waals surface area contributed by atoms with Crippen LogP contribution in [0.4, 0.5) is 0 Å². The van der Waals surface area contributed by atoms with E-state index in [2.05, 4.69) is 47.3 Å². The van der Waals surface area contributed by atoms with Gasteiger partial charge in [0.2, 0.25) is 0 Å². The van der Waals surface area contributed by atoms with E-state index in [0.717, 1.165) is 0 Å². The third-order valence-electron chi connectivity index (χ3n) is 2.86. The zero-order valence-electron chi connectivity index (χ0n) is 17.2. The van der Waals surface area contributed by atoms with Crippen LogP contribution >= 0.6 is 0 Å². The second-order valence-corrected chi connectivity index (χ2v) is 5.15. The fourth-order valence-electron chi connectivity index (χ4n) is 0.829. The molecule has 0 aromatic carbocycles. The first-order chi connectivity index (χ1) is 11.1. The van der Waals surface area contributed by atoms with Gasteiger partial charge in [-0.1, -0.05) is 80.1 Å². The Morgan fingerprint density at radius 3 is 1.58 bits per heavy atom. The van der Waals surface area contributed by atoms with Crippen molar-refractivity contribution in [3.8, 4) is 0 Å². The molecule has 0 spiro atoms. The molecule has 24 heavy (non-hydrogen) atoms. The molecule has 0 bridgehead atoms. The van der Waals surface area contributed by atoms with Crippen LogP contribution in [0.15, 0.2) is 29.5 Å². The van der Waals surface area contributed by atoms with Crippen LogP contribution in [-0.2, 0) is 9.53 Å². The van der Waals surface area contributed by atoms with Crippen LogP contribution in [0, 0.1) is 0 Å². The summed E-state index contributed by atoms with van der Waals surface area (Å²) in [5, 5.41) is 0. The summed E-state index contributed by atoms with van der Waals surface area (Å²) in [5.41, 5.74) is 3.58. The standard InChI is InChI=1S/C9H10O2.3C4H10.Sn/c1-2-11-9(10)8-6-4-3-5-7-8;3*1-3-4-2;/h4-6H,2,7H2,1H3;3*3-4H2,1-2H3;. The van der Waals surface area contributed by atoms with Gasteiger partial charge in [0.1, 0.15) is 0 Å². The number of hydrogen-bond donors (Lipinski definition) is 0. The largest absolute Gasteiger partial charge is 0.463 e. The average Bonchev–Trinajstić information content (AvgIpc) is 2.63. The second kappa shape index (κ2) is 30.4. The smallest absolute Gasteiger partial charge is 0.334 e. The van der Waals surface area contributed by atoms with E-state index in [0.29, 0.717) is 18.6 Å². The van der Waals surface area contributed by atoms with Crippen molar-refractivity contribution >= 4 is 29.9 Å². The maximum absolute atomic E-state index is 11.0. The summed E-state index contributed by atoms with van der Waals surface area (Å²) < 4.78 is 4.81. The third kappa shape index (κ3) is 29.5. The first-order valence-electron chi connectivity index (χ1n) is 9.36. The number of esters is 1. The monoisotopic (exact) mass is 444 g/mol. The van der Waals surface area contributed by atoms with E-state index in [1.54, 1.807) is 19.1 Å². The maximum Gasteiger partial charge on any atom is 0.334 e. The molecule has 0 heterocycles. The quantitative estimate of drug-likeness (QED) is 0.271. The summed E-state index contributed by atoms with van der Waals surface area (Å²) in [6.45, 7) is 15.3. The first kappa shape index (κ1) is 31.3. The molecule has 0 saturated carbocycles. The number of ether oxygens (including phenoxy) is 1. The molecule has 1 aliphatic carbocycles. The van der Waals surface area contributed by atoms with Crippen molar-refractivity contribution in [1.82, 2.24) is 0 Å². The van der Waals surface area contributed by atoms with Gasteiger partial charge in [0.25, 0.3) is 0 Å². The molecule has 4 radical (unpaired) electrons. The van der Waals surface area contributed by atoms with Gasteiger partial charge in [-0.15, -0.1) is 5.73 Å². The van der Waals surface area contributed by atoms with Gasteiger partial charge in [-0.25, -0.2) is 4.79 Å². The van der Waals surface area contributed by atoms with Crippen molar-refractivity contribution in [3.63, 3.8) is 0 Å². The van der Waals surface area contributed by atoms with Crippen molar-refractivity contribution < 1.29 is 9.53 Å². The van der Waals surface area contributed by atoms with E-state index in [4.69, 9.17) is 4.74 Å². The summed E-state index contributed by atoms with van der Waals surface area (Å²) in [7, 11) is 0. The van der Waals surface area contributed by atoms with Crippen LogP contribution in [0.3, 0.4) is 0 Å². The minimum Gasteiger partial charge on any atom is -0.463 e. The van der Waals surface area contributed by atoms with E-state index in [1.807, 2.05) is 6.08 Å². The van der Waals surface area contributed by atoms with Gasteiger partial charge in [-0.2, -0.15) is 0 Å². The van der Waals surface area contributed by atoms with Gasteiger partial charge in [-0.05, 0) is 25.2 Å². The Balaban J connectivity index is -0.000000130. The van der Waals surface area contributed by atoms with Gasteiger partial charge < -0.3 is 4.74 Å². The fourth-order valence-corrected chi connectivity index (χ4v) is 0.829. The molecule has 0 amide bonds. The third-order valence-corrected chi connectivity index (χ3v) is 2.86. The summed E-state index contributed by atoms with van der Waals surface area (Å²) in [4.78, 5) is 11.0. The predicted octanol–water partition coefficient (Wildman–Crippen LogP) is 6.63. The maximum atomic E-state index is 11.0. The van der Waals surface area contributed by atoms with Crippen LogP contribution < -0.4 is 0 Å². The van der Waals surface area contributed by atoms with Crippen molar-refractivity contribution in [2.24, 2.45) is 0 Å². The van der Waals surface area contributed by atoms with Crippen molar-refractivity contribution in [2.45, 2.75) is 93.4 Å². The minimum atomic E-state index is -0.221. The first-order valence-corrected chi connectivity index (χ1v) is 9.36. The summed E-state index contributed by atoms with van der Waals surface area (Å²) in [6, 6.07) is 0. The molecular formula is C21H40O2Sn. The molecule has 3 heteroatoms. The summed E-state index contributed by atoms with van der Waals surface area (Å²) >= 11 is 0. The average molecular weight is 443 g/mol. The molecule has 0 N–H and O–H groups in total. The van der Waals surface area contributed by atoms with E-state index >= 15 is 0 Å². The molecule has 140 valence electrons. The normalized spacial score (nSPS) is 10.4. The summed E-state index contributed by atoms with van der Waals surface area (Å²) in [5.74, 6) is -0.221. The van der Waals surface area contributed by atoms with Crippen LogP contribution in [0.5, 0.6) is 0 Å². The molecule has 2 nitrogen and oxygen atoms in total. The van der Waals surface area contributed by atoms with Crippen LogP contribution in [0.2, 0.25) is 0 Å². The molecule has 0 aliphatic heterocycles. The van der Waals surface area contributed by atoms with Gasteiger partial charge in [-0.3, -0.25) is 0 Å². The van der Waals surface area contributed by atoms with Crippen molar-refractivity contribution in [2.75, 3.05) is 6.61 Å². The Morgan fingerprint density at radius 1 is 0.917 bits per heavy atom. The number of allylic oxidation sites excluding steroid dienone is 2. The van der Waals surface area contributed by atoms with E-state index in [9.17, 15) is 4.79 Å². The zero-order chi connectivity index (χ0) is 18.3. The fraction of sp³-hybridized carbons (Fsp3) is 0.714. The van der Waals surface area contributed by atoms with E-state index in [1.165, 1.54) is 38.5 Å². The Bertz CT molecular complexity index is 311. The molecule has 0 unspecified atom stereocenters. The minimum absolute atomic E-state index is 0. The number of unbranched alkanes of at least 4 members (excludes halogenated alkanes) is 3. The van der Waals surface area contributed by atoms with E-state index in [-0.39, 0.29) is 29.9 Å². The number of carbonyl (C=O) groups excluding carboxylic acids is 1. The van der Waals surface area contributed by atoms with Crippen molar-refractivity contribution in [1.29, 1.82) is 0 Å². The number of carbonyl (C=O) groups is 1. The molecule has 0 aromatic heterocycles. The van der Waals surface area contributed by atoms with Gasteiger partial charge in [0, 0.05) is 35.9 Å². The van der Waals surface area contributed by atoms with Crippen LogP contribution in [0.1, 0.15) is 93.4 Å². The molecule has 1 aliphatic rings.